The van der Waals surface area contributed by atoms with Gasteiger partial charge in [0.15, 0.2) is 0 Å². The quantitative estimate of drug-likeness (QED) is 0.520. The second-order valence-electron chi connectivity index (χ2n) is 2.24. The van der Waals surface area contributed by atoms with Gasteiger partial charge in [-0.05, 0) is 11.3 Å². The summed E-state index contributed by atoms with van der Waals surface area (Å²) >= 11 is 0. The Morgan fingerprint density at radius 2 is 2.27 bits per heavy atom. The Hall–Kier alpha value is -1.75. The molecule has 0 spiro atoms. The molecular formula is C9H8N2. The van der Waals surface area contributed by atoms with E-state index in [4.69, 9.17) is 11.0 Å². The number of nitrogens with two attached hydrogens (primary N) is 1. The minimum Gasteiger partial charge on any atom is -0.398 e. The summed E-state index contributed by atoms with van der Waals surface area (Å²) in [6.45, 7) is 3.71. The summed E-state index contributed by atoms with van der Waals surface area (Å²) < 4.78 is 0. The Bertz CT molecular complexity index is 399. The zero-order valence-corrected chi connectivity index (χ0v) is 6.04. The predicted molar refractivity (Wildman–Crippen MR) is 45.7 cm³/mol. The predicted octanol–water partition coefficient (Wildman–Crippen LogP) is -0.0168. The highest BCUT2D eigenvalue weighted by Gasteiger charge is 1.85. The smallest absolute Gasteiger partial charge is 0.0919 e. The maximum Gasteiger partial charge on any atom is 0.0919 e. The first-order valence-electron chi connectivity index (χ1n) is 3.18. The van der Waals surface area contributed by atoms with E-state index in [1.54, 1.807) is 12.1 Å². The van der Waals surface area contributed by atoms with Gasteiger partial charge in [0.25, 0.3) is 0 Å². The average Bonchev–Trinajstić information content (AvgIpc) is 1.95. The minimum absolute atomic E-state index is 0.596. The van der Waals surface area contributed by atoms with Crippen molar-refractivity contribution in [3.8, 4) is 6.07 Å². The number of benzene rings is 1. The lowest BCUT2D eigenvalue weighted by Crippen LogP contribution is -2.12. The third kappa shape index (κ3) is 1.59. The zero-order chi connectivity index (χ0) is 8.27. The van der Waals surface area contributed by atoms with Crippen molar-refractivity contribution in [2.45, 2.75) is 0 Å². The molecule has 0 aliphatic carbocycles. The van der Waals surface area contributed by atoms with Gasteiger partial charge in [0.2, 0.25) is 0 Å². The van der Waals surface area contributed by atoms with E-state index in [1.807, 2.05) is 12.1 Å². The van der Waals surface area contributed by atoms with E-state index in [0.29, 0.717) is 5.69 Å². The van der Waals surface area contributed by atoms with Crippen LogP contribution in [0.4, 0.5) is 5.69 Å². The molecule has 0 aliphatic rings. The topological polar surface area (TPSA) is 49.8 Å². The number of hydrogen-bond acceptors (Lipinski definition) is 2. The van der Waals surface area contributed by atoms with Gasteiger partial charge in [0.1, 0.15) is 0 Å². The molecule has 1 aromatic rings. The SMILES string of the molecule is C=c1ccc(=CC#N)c(N)c1. The van der Waals surface area contributed by atoms with Gasteiger partial charge >= 0.3 is 0 Å². The van der Waals surface area contributed by atoms with E-state index < -0.39 is 0 Å². The molecule has 0 radical (unpaired) electrons. The molecule has 1 aromatic carbocycles. The van der Waals surface area contributed by atoms with Crippen molar-refractivity contribution in [1.29, 1.82) is 5.26 Å². The van der Waals surface area contributed by atoms with E-state index in [9.17, 15) is 0 Å². The molecule has 0 heterocycles. The van der Waals surface area contributed by atoms with E-state index >= 15 is 0 Å². The van der Waals surface area contributed by atoms with Crippen LogP contribution in [0.3, 0.4) is 0 Å². The summed E-state index contributed by atoms with van der Waals surface area (Å²) in [5.74, 6) is 0. The molecule has 1 rings (SSSR count). The third-order valence-corrected chi connectivity index (χ3v) is 1.37. The van der Waals surface area contributed by atoms with Crippen molar-refractivity contribution in [3.05, 3.63) is 28.6 Å². The van der Waals surface area contributed by atoms with Crippen molar-refractivity contribution in [2.75, 3.05) is 5.73 Å². The first-order valence-corrected chi connectivity index (χ1v) is 3.18. The molecule has 2 N–H and O–H groups in total. The number of nitrogens with zero attached hydrogens (tertiary/aromatic N) is 1. The molecule has 0 fully saturated rings. The Morgan fingerprint density at radius 1 is 1.55 bits per heavy atom. The third-order valence-electron chi connectivity index (χ3n) is 1.37. The standard InChI is InChI=1S/C9H8N2/c1-7-2-3-8(4-5-10)9(11)6-7/h2-4,6H,1,11H2. The van der Waals surface area contributed by atoms with Crippen molar-refractivity contribution >= 4 is 18.3 Å². The van der Waals surface area contributed by atoms with E-state index in [1.165, 1.54) is 6.08 Å². The zero-order valence-electron chi connectivity index (χ0n) is 6.04. The molecule has 11 heavy (non-hydrogen) atoms. The first-order chi connectivity index (χ1) is 5.24. The molecular weight excluding hydrogens is 136 g/mol. The molecule has 0 unspecified atom stereocenters. The molecule has 0 aromatic heterocycles. The Labute approximate surface area is 64.9 Å². The van der Waals surface area contributed by atoms with Crippen LogP contribution in [0.25, 0.3) is 12.7 Å². The van der Waals surface area contributed by atoms with E-state index in [2.05, 4.69) is 6.58 Å². The van der Waals surface area contributed by atoms with Gasteiger partial charge in [-0.1, -0.05) is 18.7 Å². The van der Waals surface area contributed by atoms with Crippen LogP contribution >= 0.6 is 0 Å². The van der Waals surface area contributed by atoms with Gasteiger partial charge in [-0.25, -0.2) is 0 Å². The number of nitriles is 1. The lowest BCUT2D eigenvalue weighted by molar-refractivity contribution is 1.52. The molecule has 0 bridgehead atoms. The van der Waals surface area contributed by atoms with Crippen molar-refractivity contribution in [2.24, 2.45) is 0 Å². The fourth-order valence-electron chi connectivity index (χ4n) is 0.825. The van der Waals surface area contributed by atoms with Crippen molar-refractivity contribution < 1.29 is 0 Å². The number of rotatable bonds is 0. The summed E-state index contributed by atoms with van der Waals surface area (Å²) in [6.07, 6.45) is 1.41. The summed E-state index contributed by atoms with van der Waals surface area (Å²) in [4.78, 5) is 0. The van der Waals surface area contributed by atoms with Gasteiger partial charge in [-0.3, -0.25) is 0 Å². The number of nitrogen functional groups attached to an aromatic ring is 1. The van der Waals surface area contributed by atoms with Gasteiger partial charge < -0.3 is 5.73 Å². The van der Waals surface area contributed by atoms with Crippen LogP contribution in [0.2, 0.25) is 0 Å². The van der Waals surface area contributed by atoms with Gasteiger partial charge in [0, 0.05) is 17.0 Å². The average molecular weight is 144 g/mol. The monoisotopic (exact) mass is 144 g/mol. The van der Waals surface area contributed by atoms with Crippen LogP contribution in [0.15, 0.2) is 18.2 Å². The van der Waals surface area contributed by atoms with Gasteiger partial charge in [-0.15, -0.1) is 0 Å². The largest absolute Gasteiger partial charge is 0.398 e. The number of anilines is 1. The van der Waals surface area contributed by atoms with Crippen molar-refractivity contribution in [1.82, 2.24) is 0 Å². The molecule has 0 saturated carbocycles. The molecule has 54 valence electrons. The summed E-state index contributed by atoms with van der Waals surface area (Å²) in [5, 5.41) is 9.95. The van der Waals surface area contributed by atoms with Crippen LogP contribution in [0.1, 0.15) is 0 Å². The number of hydrogen-bond donors (Lipinski definition) is 1. The van der Waals surface area contributed by atoms with Crippen LogP contribution in [0, 0.1) is 11.3 Å². The second kappa shape index (κ2) is 2.89. The Kier molecular flexibility index (Phi) is 1.93. The first kappa shape index (κ1) is 7.36. The van der Waals surface area contributed by atoms with Crippen molar-refractivity contribution in [3.63, 3.8) is 0 Å². The summed E-state index contributed by atoms with van der Waals surface area (Å²) in [6, 6.07) is 7.26. The molecule has 0 atom stereocenters. The fourth-order valence-corrected chi connectivity index (χ4v) is 0.825. The Morgan fingerprint density at radius 3 is 2.82 bits per heavy atom. The van der Waals surface area contributed by atoms with Crippen LogP contribution in [-0.2, 0) is 0 Å². The van der Waals surface area contributed by atoms with E-state index in [-0.39, 0.29) is 0 Å². The van der Waals surface area contributed by atoms with Gasteiger partial charge in [-0.2, -0.15) is 5.26 Å². The minimum atomic E-state index is 0.596. The van der Waals surface area contributed by atoms with E-state index in [0.717, 1.165) is 10.4 Å². The fraction of sp³-hybridized carbons (Fsp3) is 0. The maximum absolute atomic E-state index is 8.34. The molecule has 2 nitrogen and oxygen atoms in total. The molecule has 0 saturated heterocycles. The second-order valence-corrected chi connectivity index (χ2v) is 2.24. The normalized spacial score (nSPS) is 11.0. The maximum atomic E-state index is 8.34. The highest BCUT2D eigenvalue weighted by Crippen LogP contribution is 1.84. The van der Waals surface area contributed by atoms with Crippen LogP contribution in [-0.4, -0.2) is 0 Å². The molecule has 0 aliphatic heterocycles. The lowest BCUT2D eigenvalue weighted by atomic mass is 10.2. The summed E-state index contributed by atoms with van der Waals surface area (Å²) in [7, 11) is 0. The summed E-state index contributed by atoms with van der Waals surface area (Å²) in [5.41, 5.74) is 6.18. The Balaban J connectivity index is 3.46. The van der Waals surface area contributed by atoms with Crippen LogP contribution < -0.4 is 16.2 Å². The van der Waals surface area contributed by atoms with Crippen LogP contribution in [0.5, 0.6) is 0 Å². The molecule has 0 amide bonds. The lowest BCUT2D eigenvalue weighted by Gasteiger charge is -1.91. The molecule has 2 heteroatoms. The highest BCUT2D eigenvalue weighted by atomic mass is 14.5. The highest BCUT2D eigenvalue weighted by molar-refractivity contribution is 5.51. The van der Waals surface area contributed by atoms with Gasteiger partial charge in [0.05, 0.1) is 6.07 Å².